The van der Waals surface area contributed by atoms with Crippen molar-refractivity contribution >= 4 is 17.9 Å². The topological polar surface area (TPSA) is 140 Å². The number of methoxy groups -OCH3 is 1. The Morgan fingerprint density at radius 3 is 2.04 bits per heavy atom. The SMILES string of the molecule is [2H]CCN(CC[2H])[C@@H](C)C(=O)N1CCC[C@H]1c1ncc(-c2ccc(-c3ccc(-c4cnc([C@@H]5CCCN5C(=O)[C@@H](NC(=O)OC)C(C)C)[nH]4)cc3)cc2F)[nH]1. The Morgan fingerprint density at radius 1 is 0.887 bits per heavy atom. The number of nitrogens with zero attached hydrogens (tertiary/aromatic N) is 5. The molecule has 2 fully saturated rings. The van der Waals surface area contributed by atoms with Crippen LogP contribution in [0, 0.1) is 11.7 Å². The molecule has 53 heavy (non-hydrogen) atoms. The van der Waals surface area contributed by atoms with Crippen LogP contribution in [0.5, 0.6) is 0 Å². The van der Waals surface area contributed by atoms with Crippen LogP contribution in [0.3, 0.4) is 0 Å². The fourth-order valence-corrected chi connectivity index (χ4v) is 7.45. The molecule has 13 heteroatoms. The molecule has 2 aromatic carbocycles. The number of likely N-dealkylation sites (tertiary alicyclic amines) is 2. The fourth-order valence-electron chi connectivity index (χ4n) is 7.45. The minimum Gasteiger partial charge on any atom is -0.453 e. The van der Waals surface area contributed by atoms with Gasteiger partial charge in [0, 0.05) is 21.4 Å². The maximum absolute atomic E-state index is 15.7. The lowest BCUT2D eigenvalue weighted by atomic mass is 10.0. The molecule has 6 rings (SSSR count). The molecular weight excluding hydrogens is 675 g/mol. The molecule has 2 aromatic heterocycles. The van der Waals surface area contributed by atoms with Crippen molar-refractivity contribution in [2.45, 2.75) is 84.4 Å². The molecule has 4 heterocycles. The summed E-state index contributed by atoms with van der Waals surface area (Å²) in [4.78, 5) is 60.3. The Balaban J connectivity index is 1.12. The van der Waals surface area contributed by atoms with E-state index >= 15 is 4.39 Å². The molecule has 282 valence electrons. The molecule has 0 saturated carbocycles. The second kappa shape index (κ2) is 16.3. The summed E-state index contributed by atoms with van der Waals surface area (Å²) in [6, 6.07) is 11.2. The Morgan fingerprint density at radius 2 is 1.45 bits per heavy atom. The number of rotatable bonds is 12. The molecule has 2 aliphatic heterocycles. The first-order valence-corrected chi connectivity index (χ1v) is 18.3. The highest BCUT2D eigenvalue weighted by molar-refractivity contribution is 5.86. The number of aromatic nitrogens is 4. The third-order valence-electron chi connectivity index (χ3n) is 10.6. The number of likely N-dealkylation sites (N-methyl/N-ethyl adjacent to an activating group) is 1. The second-order valence-electron chi connectivity index (χ2n) is 14.1. The number of ether oxygens (including phenoxy) is 1. The minimum absolute atomic E-state index is 0.0459. The first kappa shape index (κ1) is 35.0. The standard InChI is InChI=1S/C40H51FN8O4/c1-7-47(8-2)25(5)38(50)48-19-9-11-33(48)37-43-23-32(45-37)29-18-17-28(21-30(29)41)26-13-15-27(16-14-26)31-22-42-36(44-31)34-12-10-20-49(34)39(51)35(24(3)4)46-40(52)53-6/h13-18,21-25,33-35H,7-12,19-20H2,1-6H3,(H,42,44)(H,43,45)(H,46,52)/t25-,33-,34-,35-/m0/s1/i1D,2D. The van der Waals surface area contributed by atoms with E-state index in [0.29, 0.717) is 54.6 Å². The van der Waals surface area contributed by atoms with Crippen LogP contribution in [0.4, 0.5) is 9.18 Å². The lowest BCUT2D eigenvalue weighted by Crippen LogP contribution is -2.51. The van der Waals surface area contributed by atoms with E-state index in [1.165, 1.54) is 13.2 Å². The minimum atomic E-state index is -0.711. The van der Waals surface area contributed by atoms with E-state index in [1.54, 1.807) is 23.4 Å². The van der Waals surface area contributed by atoms with Crippen molar-refractivity contribution in [3.63, 3.8) is 0 Å². The summed E-state index contributed by atoms with van der Waals surface area (Å²) in [6.07, 6.45) is 5.86. The number of imidazole rings is 2. The molecule has 0 spiro atoms. The van der Waals surface area contributed by atoms with E-state index in [-0.39, 0.29) is 43.6 Å². The van der Waals surface area contributed by atoms with E-state index in [0.717, 1.165) is 42.5 Å². The lowest BCUT2D eigenvalue weighted by molar-refractivity contribution is -0.137. The Labute approximate surface area is 313 Å². The number of halogens is 1. The Bertz CT molecular complexity index is 1950. The zero-order valence-corrected chi connectivity index (χ0v) is 30.9. The predicted molar refractivity (Wildman–Crippen MR) is 201 cm³/mol. The van der Waals surface area contributed by atoms with Gasteiger partial charge in [-0.05, 0) is 80.4 Å². The monoisotopic (exact) mass is 728 g/mol. The van der Waals surface area contributed by atoms with Gasteiger partial charge in [0.25, 0.3) is 0 Å². The van der Waals surface area contributed by atoms with Crippen molar-refractivity contribution in [3.8, 4) is 33.6 Å². The quantitative estimate of drug-likeness (QED) is 0.147. The maximum atomic E-state index is 15.7. The van der Waals surface area contributed by atoms with Gasteiger partial charge in [0.05, 0.1) is 49.0 Å². The molecular formula is C40H51FN8O4. The van der Waals surface area contributed by atoms with Crippen LogP contribution >= 0.6 is 0 Å². The second-order valence-corrected chi connectivity index (χ2v) is 14.1. The number of carbonyl (C=O) groups is 3. The largest absolute Gasteiger partial charge is 0.453 e. The predicted octanol–water partition coefficient (Wildman–Crippen LogP) is 6.71. The van der Waals surface area contributed by atoms with Crippen molar-refractivity contribution in [2.24, 2.45) is 5.92 Å². The number of amides is 3. The van der Waals surface area contributed by atoms with Gasteiger partial charge in [-0.2, -0.15) is 0 Å². The van der Waals surface area contributed by atoms with Gasteiger partial charge in [-0.1, -0.05) is 58.0 Å². The summed E-state index contributed by atoms with van der Waals surface area (Å²) in [5.74, 6) is 0.556. The number of alkyl carbamates (subject to hydrolysis) is 1. The van der Waals surface area contributed by atoms with E-state index in [2.05, 4.69) is 25.3 Å². The molecule has 12 nitrogen and oxygen atoms in total. The van der Waals surface area contributed by atoms with E-state index in [4.69, 9.17) is 7.48 Å². The summed E-state index contributed by atoms with van der Waals surface area (Å²) in [7, 11) is 1.28. The van der Waals surface area contributed by atoms with E-state index < -0.39 is 24.0 Å². The molecule has 4 atom stereocenters. The van der Waals surface area contributed by atoms with Gasteiger partial charge in [0.2, 0.25) is 11.8 Å². The van der Waals surface area contributed by atoms with Gasteiger partial charge in [0.15, 0.2) is 0 Å². The van der Waals surface area contributed by atoms with Crippen molar-refractivity contribution in [1.82, 2.24) is 40.0 Å². The average Bonchev–Trinajstić information content (AvgIpc) is 4.03. The molecule has 2 saturated heterocycles. The van der Waals surface area contributed by atoms with Crippen LogP contribution in [0.15, 0.2) is 54.9 Å². The first-order valence-electron chi connectivity index (χ1n) is 19.7. The van der Waals surface area contributed by atoms with Crippen LogP contribution in [0.25, 0.3) is 33.6 Å². The lowest BCUT2D eigenvalue weighted by Gasteiger charge is -2.31. The summed E-state index contributed by atoms with van der Waals surface area (Å²) in [6.45, 7) is 7.96. The molecule has 3 N–H and O–H groups in total. The molecule has 0 radical (unpaired) electrons. The molecule has 0 unspecified atom stereocenters. The third kappa shape index (κ3) is 7.85. The van der Waals surface area contributed by atoms with Crippen molar-refractivity contribution in [2.75, 3.05) is 33.3 Å². The summed E-state index contributed by atoms with van der Waals surface area (Å²) < 4.78 is 35.7. The van der Waals surface area contributed by atoms with Gasteiger partial charge in [-0.25, -0.2) is 19.2 Å². The molecule has 2 aliphatic rings. The number of H-pyrrole nitrogens is 2. The van der Waals surface area contributed by atoms with Crippen LogP contribution < -0.4 is 5.32 Å². The number of nitrogens with one attached hydrogen (secondary N) is 3. The zero-order chi connectivity index (χ0) is 39.2. The van der Waals surface area contributed by atoms with Crippen LogP contribution in [0.2, 0.25) is 0 Å². The normalized spacial score (nSPS) is 19.0. The van der Waals surface area contributed by atoms with Gasteiger partial charge >= 0.3 is 6.09 Å². The summed E-state index contributed by atoms with van der Waals surface area (Å²) in [5, 5.41) is 2.68. The smallest absolute Gasteiger partial charge is 0.407 e. The van der Waals surface area contributed by atoms with E-state index in [9.17, 15) is 14.4 Å². The van der Waals surface area contributed by atoms with Gasteiger partial charge in [-0.15, -0.1) is 0 Å². The third-order valence-corrected chi connectivity index (χ3v) is 10.6. The number of aromatic amines is 2. The number of benzene rings is 2. The number of carbonyl (C=O) groups excluding carboxylic acids is 3. The highest BCUT2D eigenvalue weighted by Gasteiger charge is 2.38. The molecule has 4 aromatic rings. The Hall–Kier alpha value is -5.04. The molecule has 0 bridgehead atoms. The highest BCUT2D eigenvalue weighted by atomic mass is 19.1. The summed E-state index contributed by atoms with van der Waals surface area (Å²) in [5.41, 5.74) is 4.14. The van der Waals surface area contributed by atoms with Gasteiger partial charge < -0.3 is 29.8 Å². The van der Waals surface area contributed by atoms with E-state index in [1.807, 2.05) is 60.9 Å². The fraction of sp³-hybridized carbons (Fsp3) is 0.475. The van der Waals surface area contributed by atoms with Gasteiger partial charge in [-0.3, -0.25) is 14.5 Å². The maximum Gasteiger partial charge on any atom is 0.407 e. The molecule has 3 amide bonds. The van der Waals surface area contributed by atoms with Gasteiger partial charge in [0.1, 0.15) is 23.5 Å². The summed E-state index contributed by atoms with van der Waals surface area (Å²) >= 11 is 0. The Kier molecular flexibility index (Phi) is 10.8. The number of hydrogen-bond acceptors (Lipinski definition) is 7. The van der Waals surface area contributed by atoms with Crippen LogP contribution in [0.1, 0.15) is 86.7 Å². The van der Waals surface area contributed by atoms with Crippen molar-refractivity contribution < 1.29 is 26.3 Å². The first-order chi connectivity index (χ1) is 26.5. The number of hydrogen-bond donors (Lipinski definition) is 3. The highest BCUT2D eigenvalue weighted by Crippen LogP contribution is 2.35. The van der Waals surface area contributed by atoms with Crippen molar-refractivity contribution in [1.29, 1.82) is 0 Å². The van der Waals surface area contributed by atoms with Crippen LogP contribution in [-0.4, -0.2) is 97.9 Å². The van der Waals surface area contributed by atoms with Crippen molar-refractivity contribution in [3.05, 3.63) is 72.3 Å². The molecule has 0 aliphatic carbocycles. The zero-order valence-electron chi connectivity index (χ0n) is 32.9. The van der Waals surface area contributed by atoms with Crippen LogP contribution in [-0.2, 0) is 14.3 Å². The average molecular weight is 729 g/mol.